The van der Waals surface area contributed by atoms with E-state index in [0.717, 1.165) is 16.3 Å². The van der Waals surface area contributed by atoms with E-state index in [1.165, 1.54) is 11.8 Å². The Morgan fingerprint density at radius 1 is 1.41 bits per heavy atom. The van der Waals surface area contributed by atoms with Gasteiger partial charge in [-0.2, -0.15) is 0 Å². The molecule has 0 aliphatic heterocycles. The molecule has 2 aromatic rings. The molecule has 7 heteroatoms. The maximum atomic E-state index is 12.1. The van der Waals surface area contributed by atoms with Gasteiger partial charge >= 0.3 is 5.97 Å². The predicted molar refractivity (Wildman–Crippen MR) is 89.6 cm³/mol. The molecule has 1 heterocycles. The number of amides is 1. The van der Waals surface area contributed by atoms with Crippen LogP contribution in [0.15, 0.2) is 29.6 Å². The molecule has 2 N–H and O–H groups in total. The van der Waals surface area contributed by atoms with E-state index >= 15 is 0 Å². The number of aryl methyl sites for hydroxylation is 1. The monoisotopic (exact) mass is 336 g/mol. The van der Waals surface area contributed by atoms with Crippen molar-refractivity contribution in [1.29, 1.82) is 0 Å². The lowest BCUT2D eigenvalue weighted by molar-refractivity contribution is -0.133. The molecule has 0 radical (unpaired) electrons. The molecule has 1 amide bonds. The summed E-state index contributed by atoms with van der Waals surface area (Å²) in [5.41, 5.74) is 2.36. The van der Waals surface area contributed by atoms with Gasteiger partial charge < -0.3 is 10.4 Å². The Balaban J connectivity index is 1.92. The maximum absolute atomic E-state index is 12.1. The molecule has 0 aliphatic rings. The fraction of sp³-hybridized carbons (Fsp3) is 0.267. The number of carbonyl (C=O) groups excluding carboxylic acids is 1. The van der Waals surface area contributed by atoms with E-state index in [9.17, 15) is 9.59 Å². The van der Waals surface area contributed by atoms with E-state index < -0.39 is 5.97 Å². The number of nitrogens with zero attached hydrogens (tertiary/aromatic N) is 1. The van der Waals surface area contributed by atoms with Gasteiger partial charge in [0.2, 0.25) is 0 Å². The minimum absolute atomic E-state index is 0.0501. The summed E-state index contributed by atoms with van der Waals surface area (Å²) in [6.07, 6.45) is 0. The second-order valence-corrected chi connectivity index (χ2v) is 6.70. The van der Waals surface area contributed by atoms with Crippen LogP contribution >= 0.6 is 23.1 Å². The zero-order chi connectivity index (χ0) is 15.9. The molecule has 0 atom stereocenters. The molecule has 0 saturated heterocycles. The first-order valence-electron chi connectivity index (χ1n) is 6.66. The number of carbonyl (C=O) groups is 2. The van der Waals surface area contributed by atoms with Crippen LogP contribution in [0.1, 0.15) is 15.4 Å². The number of hydrogen-bond donors (Lipinski definition) is 2. The first-order chi connectivity index (χ1) is 10.6. The summed E-state index contributed by atoms with van der Waals surface area (Å²) in [5, 5.41) is 14.3. The lowest BCUT2D eigenvalue weighted by Gasteiger charge is -2.06. The molecule has 0 spiro atoms. The number of aliphatic carboxylic acids is 1. The van der Waals surface area contributed by atoms with Gasteiger partial charge in [-0.25, -0.2) is 4.98 Å². The fourth-order valence-electron chi connectivity index (χ4n) is 1.81. The third kappa shape index (κ3) is 4.85. The van der Waals surface area contributed by atoms with Crippen molar-refractivity contribution >= 4 is 35.0 Å². The van der Waals surface area contributed by atoms with E-state index in [0.29, 0.717) is 17.9 Å². The quantitative estimate of drug-likeness (QED) is 0.760. The van der Waals surface area contributed by atoms with Crippen LogP contribution in [0.2, 0.25) is 0 Å². The molecule has 2 rings (SSSR count). The van der Waals surface area contributed by atoms with Crippen molar-refractivity contribution in [3.05, 3.63) is 40.2 Å². The Hall–Kier alpha value is -1.86. The zero-order valence-electron chi connectivity index (χ0n) is 12.0. The summed E-state index contributed by atoms with van der Waals surface area (Å²) >= 11 is 2.85. The van der Waals surface area contributed by atoms with Gasteiger partial charge in [0, 0.05) is 28.8 Å². The van der Waals surface area contributed by atoms with Gasteiger partial charge in [-0.15, -0.1) is 23.1 Å². The second kappa shape index (κ2) is 7.95. The molecule has 1 aromatic carbocycles. The molecular weight excluding hydrogens is 320 g/mol. The van der Waals surface area contributed by atoms with E-state index in [4.69, 9.17) is 5.11 Å². The third-order valence-electron chi connectivity index (χ3n) is 2.80. The summed E-state index contributed by atoms with van der Waals surface area (Å²) in [6, 6.07) is 7.32. The van der Waals surface area contributed by atoms with Gasteiger partial charge in [-0.3, -0.25) is 9.59 Å². The molecule has 1 aromatic heterocycles. The fourth-order valence-corrected chi connectivity index (χ4v) is 3.00. The topological polar surface area (TPSA) is 79.3 Å². The second-order valence-electron chi connectivity index (χ2n) is 4.53. The van der Waals surface area contributed by atoms with Crippen LogP contribution in [0.5, 0.6) is 0 Å². The molecule has 116 valence electrons. The van der Waals surface area contributed by atoms with Gasteiger partial charge in [0.05, 0.1) is 16.5 Å². The van der Waals surface area contributed by atoms with Crippen LogP contribution in [-0.2, 0) is 4.79 Å². The average molecular weight is 336 g/mol. The number of rotatable bonds is 7. The van der Waals surface area contributed by atoms with E-state index in [1.807, 2.05) is 30.5 Å². The number of nitrogens with one attached hydrogen (secondary N) is 1. The maximum Gasteiger partial charge on any atom is 0.313 e. The molecule has 0 fully saturated rings. The third-order valence-corrected chi connectivity index (χ3v) is 4.51. The number of hydrogen-bond acceptors (Lipinski definition) is 5. The smallest absolute Gasteiger partial charge is 0.313 e. The van der Waals surface area contributed by atoms with Gasteiger partial charge in [0.1, 0.15) is 0 Å². The van der Waals surface area contributed by atoms with Crippen LogP contribution < -0.4 is 5.32 Å². The van der Waals surface area contributed by atoms with E-state index in [2.05, 4.69) is 10.3 Å². The van der Waals surface area contributed by atoms with Crippen molar-refractivity contribution in [2.45, 2.75) is 6.92 Å². The molecule has 22 heavy (non-hydrogen) atoms. The molecule has 0 unspecified atom stereocenters. The molecule has 0 bridgehead atoms. The van der Waals surface area contributed by atoms with Crippen molar-refractivity contribution in [2.24, 2.45) is 0 Å². The Kier molecular flexibility index (Phi) is 5.97. The number of benzene rings is 1. The highest BCUT2D eigenvalue weighted by molar-refractivity contribution is 7.99. The zero-order valence-corrected chi connectivity index (χ0v) is 13.7. The first-order valence-corrected chi connectivity index (χ1v) is 8.70. The van der Waals surface area contributed by atoms with Crippen molar-refractivity contribution in [1.82, 2.24) is 10.3 Å². The Morgan fingerprint density at radius 2 is 2.23 bits per heavy atom. The van der Waals surface area contributed by atoms with Crippen molar-refractivity contribution in [2.75, 3.05) is 18.1 Å². The standard InChI is InChI=1S/C15H16N2O3S2/c1-10-17-13(8-22-10)11-3-2-4-12(7-11)15(20)16-5-6-21-9-14(18)19/h2-4,7-8H,5-6,9H2,1H3,(H,16,20)(H,18,19). The highest BCUT2D eigenvalue weighted by Gasteiger charge is 2.08. The number of carboxylic acid groups (broad SMARTS) is 1. The summed E-state index contributed by atoms with van der Waals surface area (Å²) < 4.78 is 0. The SMILES string of the molecule is Cc1nc(-c2cccc(C(=O)NCCSCC(=O)O)c2)cs1. The Bertz CT molecular complexity index is 670. The first kappa shape index (κ1) is 16.5. The lowest BCUT2D eigenvalue weighted by Crippen LogP contribution is -2.26. The average Bonchev–Trinajstić information content (AvgIpc) is 2.93. The van der Waals surface area contributed by atoms with Gasteiger partial charge in [-0.1, -0.05) is 12.1 Å². The Labute approximate surface area is 136 Å². The molecule has 0 saturated carbocycles. The highest BCUT2D eigenvalue weighted by atomic mass is 32.2. The highest BCUT2D eigenvalue weighted by Crippen LogP contribution is 2.22. The molecular formula is C15H16N2O3S2. The van der Waals surface area contributed by atoms with Crippen LogP contribution in [0.3, 0.4) is 0 Å². The minimum Gasteiger partial charge on any atom is -0.481 e. The molecule has 0 aliphatic carbocycles. The normalized spacial score (nSPS) is 10.4. The Morgan fingerprint density at radius 3 is 2.91 bits per heavy atom. The van der Waals surface area contributed by atoms with E-state index in [1.54, 1.807) is 17.4 Å². The largest absolute Gasteiger partial charge is 0.481 e. The van der Waals surface area contributed by atoms with Crippen molar-refractivity contribution in [3.8, 4) is 11.3 Å². The van der Waals surface area contributed by atoms with Crippen molar-refractivity contribution in [3.63, 3.8) is 0 Å². The predicted octanol–water partition coefficient (Wildman–Crippen LogP) is 2.67. The number of aromatic nitrogens is 1. The molecule has 5 nitrogen and oxygen atoms in total. The van der Waals surface area contributed by atoms with Crippen LogP contribution in [-0.4, -0.2) is 40.0 Å². The minimum atomic E-state index is -0.845. The number of thioether (sulfide) groups is 1. The van der Waals surface area contributed by atoms with Gasteiger partial charge in [-0.05, 0) is 19.1 Å². The summed E-state index contributed by atoms with van der Waals surface area (Å²) in [6.45, 7) is 2.39. The van der Waals surface area contributed by atoms with Crippen LogP contribution in [0.4, 0.5) is 0 Å². The lowest BCUT2D eigenvalue weighted by atomic mass is 10.1. The van der Waals surface area contributed by atoms with Crippen LogP contribution in [0.25, 0.3) is 11.3 Å². The van der Waals surface area contributed by atoms with Crippen molar-refractivity contribution < 1.29 is 14.7 Å². The van der Waals surface area contributed by atoms with Gasteiger partial charge in [0.25, 0.3) is 5.91 Å². The van der Waals surface area contributed by atoms with Gasteiger partial charge in [0.15, 0.2) is 0 Å². The summed E-state index contributed by atoms with van der Waals surface area (Å²) in [4.78, 5) is 26.9. The van der Waals surface area contributed by atoms with Crippen LogP contribution in [0, 0.1) is 6.92 Å². The van der Waals surface area contributed by atoms with E-state index in [-0.39, 0.29) is 11.7 Å². The number of thiazole rings is 1. The number of carboxylic acids is 1. The summed E-state index contributed by atoms with van der Waals surface area (Å²) in [7, 11) is 0. The summed E-state index contributed by atoms with van der Waals surface area (Å²) in [5.74, 6) is -0.385.